The zero-order chi connectivity index (χ0) is 16.5. The first-order valence-corrected chi connectivity index (χ1v) is 8.26. The van der Waals surface area contributed by atoms with Crippen LogP contribution in [-0.4, -0.2) is 35.4 Å². The monoisotopic (exact) mass is 330 g/mol. The molecule has 4 rings (SSSR count). The van der Waals surface area contributed by atoms with Gasteiger partial charge in [0, 0.05) is 43.5 Å². The number of halogens is 1. The van der Waals surface area contributed by atoms with E-state index in [2.05, 4.69) is 15.3 Å². The van der Waals surface area contributed by atoms with Crippen molar-refractivity contribution in [3.05, 3.63) is 35.8 Å². The van der Waals surface area contributed by atoms with E-state index in [-0.39, 0.29) is 17.4 Å². The fraction of sp³-hybridized carbons (Fsp3) is 0.412. The van der Waals surface area contributed by atoms with Gasteiger partial charge in [0.25, 0.3) is 5.91 Å². The van der Waals surface area contributed by atoms with Gasteiger partial charge in [-0.3, -0.25) is 4.79 Å². The number of nitrogens with one attached hydrogen (secondary N) is 1. The van der Waals surface area contributed by atoms with E-state index in [1.54, 1.807) is 16.8 Å². The summed E-state index contributed by atoms with van der Waals surface area (Å²) in [6, 6.07) is 6.25. The van der Waals surface area contributed by atoms with E-state index in [0.29, 0.717) is 18.2 Å². The summed E-state index contributed by atoms with van der Waals surface area (Å²) in [4.78, 5) is 14.5. The van der Waals surface area contributed by atoms with Gasteiger partial charge in [0.1, 0.15) is 5.82 Å². The highest BCUT2D eigenvalue weighted by Gasteiger charge is 2.19. The lowest BCUT2D eigenvalue weighted by Crippen LogP contribution is -2.19. The SMILES string of the molecule is O=C(Nc1cc(F)cc(N2CCCC2)c1)c1cc2n(n1)CCCO2. The van der Waals surface area contributed by atoms with E-state index >= 15 is 0 Å². The van der Waals surface area contributed by atoms with Crippen LogP contribution in [-0.2, 0) is 6.54 Å². The Bertz CT molecular complexity index is 744. The van der Waals surface area contributed by atoms with Crippen LogP contribution in [0.25, 0.3) is 0 Å². The van der Waals surface area contributed by atoms with Crippen molar-refractivity contribution < 1.29 is 13.9 Å². The molecule has 1 amide bonds. The molecule has 2 aliphatic heterocycles. The summed E-state index contributed by atoms with van der Waals surface area (Å²) in [5, 5.41) is 6.98. The van der Waals surface area contributed by atoms with Gasteiger partial charge < -0.3 is 15.0 Å². The Hall–Kier alpha value is -2.57. The standard InChI is InChI=1S/C17H19FN4O2/c18-12-8-13(10-14(9-12)21-4-1-2-5-21)19-17(23)15-11-16-22(20-15)6-3-7-24-16/h8-11H,1-7H2,(H,19,23). The van der Waals surface area contributed by atoms with Crippen LogP contribution in [0.3, 0.4) is 0 Å². The van der Waals surface area contributed by atoms with Crippen molar-refractivity contribution in [2.75, 3.05) is 29.9 Å². The first-order valence-electron chi connectivity index (χ1n) is 8.26. The van der Waals surface area contributed by atoms with Crippen LogP contribution in [0.2, 0.25) is 0 Å². The molecule has 7 heteroatoms. The molecule has 3 heterocycles. The number of aryl methyl sites for hydroxylation is 1. The van der Waals surface area contributed by atoms with Gasteiger partial charge in [0.15, 0.2) is 5.69 Å². The minimum absolute atomic E-state index is 0.277. The van der Waals surface area contributed by atoms with Crippen LogP contribution in [0.4, 0.5) is 15.8 Å². The number of hydrogen-bond donors (Lipinski definition) is 1. The smallest absolute Gasteiger partial charge is 0.276 e. The Morgan fingerprint density at radius 3 is 2.75 bits per heavy atom. The number of carbonyl (C=O) groups is 1. The molecular weight excluding hydrogens is 311 g/mol. The number of hydrogen-bond acceptors (Lipinski definition) is 4. The molecule has 0 atom stereocenters. The molecule has 0 radical (unpaired) electrons. The molecule has 0 spiro atoms. The highest BCUT2D eigenvalue weighted by molar-refractivity contribution is 6.03. The van der Waals surface area contributed by atoms with Crippen molar-refractivity contribution in [3.8, 4) is 5.88 Å². The van der Waals surface area contributed by atoms with Gasteiger partial charge in [-0.2, -0.15) is 5.10 Å². The van der Waals surface area contributed by atoms with Crippen molar-refractivity contribution in [1.82, 2.24) is 9.78 Å². The van der Waals surface area contributed by atoms with Crippen LogP contribution in [0, 0.1) is 5.82 Å². The molecule has 0 saturated carbocycles. The van der Waals surface area contributed by atoms with Gasteiger partial charge in [-0.15, -0.1) is 0 Å². The quantitative estimate of drug-likeness (QED) is 0.940. The predicted molar refractivity (Wildman–Crippen MR) is 88.1 cm³/mol. The highest BCUT2D eigenvalue weighted by Crippen LogP contribution is 2.26. The van der Waals surface area contributed by atoms with Gasteiger partial charge in [-0.25, -0.2) is 9.07 Å². The number of anilines is 2. The molecule has 0 bridgehead atoms. The van der Waals surface area contributed by atoms with Crippen LogP contribution in [0.1, 0.15) is 29.8 Å². The van der Waals surface area contributed by atoms with Crippen LogP contribution >= 0.6 is 0 Å². The zero-order valence-electron chi connectivity index (χ0n) is 13.3. The number of carbonyl (C=O) groups excluding carboxylic acids is 1. The lowest BCUT2D eigenvalue weighted by Gasteiger charge is -2.18. The summed E-state index contributed by atoms with van der Waals surface area (Å²) in [6.07, 6.45) is 3.09. The first-order chi connectivity index (χ1) is 11.7. The summed E-state index contributed by atoms with van der Waals surface area (Å²) >= 11 is 0. The van der Waals surface area contributed by atoms with E-state index in [9.17, 15) is 9.18 Å². The number of rotatable bonds is 3. The first kappa shape index (κ1) is 15.0. The second kappa shape index (κ2) is 6.14. The van der Waals surface area contributed by atoms with E-state index in [0.717, 1.165) is 44.6 Å². The molecule has 1 saturated heterocycles. The summed E-state index contributed by atoms with van der Waals surface area (Å²) in [5.74, 6) is -0.121. The summed E-state index contributed by atoms with van der Waals surface area (Å²) < 4.78 is 21.0. The topological polar surface area (TPSA) is 59.4 Å². The average Bonchev–Trinajstić information content (AvgIpc) is 3.24. The molecule has 1 N–H and O–H groups in total. The highest BCUT2D eigenvalue weighted by atomic mass is 19.1. The third kappa shape index (κ3) is 2.93. The average molecular weight is 330 g/mol. The van der Waals surface area contributed by atoms with Gasteiger partial charge in [-0.1, -0.05) is 0 Å². The molecule has 1 aromatic heterocycles. The summed E-state index contributed by atoms with van der Waals surface area (Å²) in [6.45, 7) is 3.21. The van der Waals surface area contributed by atoms with Crippen LogP contribution < -0.4 is 15.0 Å². The maximum Gasteiger partial charge on any atom is 0.276 e. The lowest BCUT2D eigenvalue weighted by molar-refractivity contribution is 0.102. The number of aromatic nitrogens is 2. The number of nitrogens with zero attached hydrogens (tertiary/aromatic N) is 3. The van der Waals surface area contributed by atoms with Crippen molar-refractivity contribution in [1.29, 1.82) is 0 Å². The Morgan fingerprint density at radius 2 is 1.96 bits per heavy atom. The molecule has 0 aliphatic carbocycles. The van der Waals surface area contributed by atoms with Gasteiger partial charge >= 0.3 is 0 Å². The van der Waals surface area contributed by atoms with Crippen molar-refractivity contribution in [2.24, 2.45) is 0 Å². The Kier molecular flexibility index (Phi) is 3.84. The molecule has 6 nitrogen and oxygen atoms in total. The van der Waals surface area contributed by atoms with Gasteiger partial charge in [-0.05, 0) is 31.0 Å². The van der Waals surface area contributed by atoms with Gasteiger partial charge in [0.05, 0.1) is 6.61 Å². The van der Waals surface area contributed by atoms with Gasteiger partial charge in [0.2, 0.25) is 5.88 Å². The molecular formula is C17H19FN4O2. The maximum atomic E-state index is 13.9. The number of ether oxygens (including phenoxy) is 1. The minimum atomic E-state index is -0.363. The second-order valence-corrected chi connectivity index (χ2v) is 6.14. The fourth-order valence-electron chi connectivity index (χ4n) is 3.18. The van der Waals surface area contributed by atoms with Crippen LogP contribution in [0.5, 0.6) is 5.88 Å². The van der Waals surface area contributed by atoms with E-state index in [1.165, 1.54) is 12.1 Å². The molecule has 126 valence electrons. The predicted octanol–water partition coefficient (Wildman–Crippen LogP) is 2.66. The second-order valence-electron chi connectivity index (χ2n) is 6.14. The fourth-order valence-corrected chi connectivity index (χ4v) is 3.18. The summed E-state index contributed by atoms with van der Waals surface area (Å²) in [7, 11) is 0. The molecule has 1 fully saturated rings. The maximum absolute atomic E-state index is 13.9. The summed E-state index contributed by atoms with van der Waals surface area (Å²) in [5.41, 5.74) is 1.52. The van der Waals surface area contributed by atoms with Crippen molar-refractivity contribution in [2.45, 2.75) is 25.8 Å². The van der Waals surface area contributed by atoms with E-state index < -0.39 is 0 Å². The molecule has 2 aliphatic rings. The Morgan fingerprint density at radius 1 is 1.12 bits per heavy atom. The Balaban J connectivity index is 1.53. The molecule has 24 heavy (non-hydrogen) atoms. The number of fused-ring (bicyclic) bond motifs is 1. The normalized spacial score (nSPS) is 16.6. The van der Waals surface area contributed by atoms with E-state index in [4.69, 9.17) is 4.74 Å². The van der Waals surface area contributed by atoms with Crippen molar-refractivity contribution in [3.63, 3.8) is 0 Å². The van der Waals surface area contributed by atoms with E-state index in [1.807, 2.05) is 0 Å². The minimum Gasteiger partial charge on any atom is -0.478 e. The molecule has 1 aromatic carbocycles. The van der Waals surface area contributed by atoms with Crippen molar-refractivity contribution >= 4 is 17.3 Å². The van der Waals surface area contributed by atoms with Crippen LogP contribution in [0.15, 0.2) is 24.3 Å². The molecule has 2 aromatic rings. The molecule has 0 unspecified atom stereocenters. The number of amides is 1. The Labute approximate surface area is 139 Å². The third-order valence-electron chi connectivity index (χ3n) is 4.35. The third-order valence-corrected chi connectivity index (χ3v) is 4.35. The number of benzene rings is 1. The zero-order valence-corrected chi connectivity index (χ0v) is 13.3. The lowest BCUT2D eigenvalue weighted by atomic mass is 10.2. The largest absolute Gasteiger partial charge is 0.478 e.